The van der Waals surface area contributed by atoms with Crippen LogP contribution in [0.2, 0.25) is 0 Å². The van der Waals surface area contributed by atoms with Crippen LogP contribution in [0.5, 0.6) is 0 Å². The zero-order valence-electron chi connectivity index (χ0n) is 9.04. The molecule has 0 aliphatic rings. The highest BCUT2D eigenvalue weighted by molar-refractivity contribution is 5.76. The monoisotopic (exact) mass is 222 g/mol. The molecule has 0 atom stereocenters. The molecule has 17 heavy (non-hydrogen) atoms. The van der Waals surface area contributed by atoms with E-state index in [9.17, 15) is 0 Å². The van der Waals surface area contributed by atoms with Gasteiger partial charge in [0.25, 0.3) is 0 Å². The molecule has 0 spiro atoms. The lowest BCUT2D eigenvalue weighted by molar-refractivity contribution is 0.954. The lowest BCUT2D eigenvalue weighted by Gasteiger charge is -1.93. The summed E-state index contributed by atoms with van der Waals surface area (Å²) in [7, 11) is 0. The Morgan fingerprint density at radius 2 is 1.76 bits per heavy atom. The molecule has 1 N–H and O–H groups in total. The van der Waals surface area contributed by atoms with E-state index in [4.69, 9.17) is 0 Å². The molecule has 0 aliphatic heterocycles. The van der Waals surface area contributed by atoms with Crippen LogP contribution in [0, 0.1) is 0 Å². The molecule has 4 heteroatoms. The summed E-state index contributed by atoms with van der Waals surface area (Å²) in [6, 6.07) is 12.1. The zero-order chi connectivity index (χ0) is 11.5. The van der Waals surface area contributed by atoms with Crippen LogP contribution in [0.4, 0.5) is 0 Å². The Hall–Kier alpha value is -2.49. The Morgan fingerprint density at radius 3 is 2.65 bits per heavy atom. The normalized spacial score (nSPS) is 11.3. The molecule has 0 aliphatic carbocycles. The first-order chi connectivity index (χ1) is 8.42. The van der Waals surface area contributed by atoms with Crippen molar-refractivity contribution in [2.75, 3.05) is 0 Å². The Kier molecular flexibility index (Phi) is 2.38. The lowest BCUT2D eigenvalue weighted by Crippen LogP contribution is -1.79. The maximum absolute atomic E-state index is 4.20. The van der Waals surface area contributed by atoms with Gasteiger partial charge >= 0.3 is 0 Å². The van der Waals surface area contributed by atoms with Crippen LogP contribution >= 0.6 is 0 Å². The minimum atomic E-state index is 0.641. The molecule has 0 radical (unpaired) electrons. The van der Waals surface area contributed by atoms with Gasteiger partial charge in [-0.25, -0.2) is 4.98 Å². The average molecular weight is 222 g/mol. The molecule has 0 amide bonds. The molecular weight excluding hydrogens is 212 g/mol. The van der Waals surface area contributed by atoms with Crippen molar-refractivity contribution in [3.05, 3.63) is 53.7 Å². The van der Waals surface area contributed by atoms with Gasteiger partial charge in [-0.15, -0.1) is 5.10 Å². The van der Waals surface area contributed by atoms with E-state index >= 15 is 0 Å². The fourth-order valence-electron chi connectivity index (χ4n) is 1.60. The average Bonchev–Trinajstić information content (AvgIpc) is 2.85. The van der Waals surface area contributed by atoms with Crippen LogP contribution < -0.4 is 0 Å². The van der Waals surface area contributed by atoms with Gasteiger partial charge in [-0.1, -0.05) is 42.5 Å². The Bertz CT molecular complexity index is 655. The number of benzene rings is 1. The quantitative estimate of drug-likeness (QED) is 0.724. The number of rotatable bonds is 2. The van der Waals surface area contributed by atoms with Crippen LogP contribution in [0.15, 0.2) is 42.6 Å². The molecule has 0 saturated heterocycles. The van der Waals surface area contributed by atoms with E-state index in [-0.39, 0.29) is 0 Å². The third kappa shape index (κ3) is 2.06. The molecular formula is C13H10N4. The maximum Gasteiger partial charge on any atom is 0.201 e. The fraction of sp³-hybridized carbons (Fsp3) is 0. The third-order valence-electron chi connectivity index (χ3n) is 2.46. The summed E-state index contributed by atoms with van der Waals surface area (Å²) in [4.78, 5) is 4.20. The second-order valence-corrected chi connectivity index (χ2v) is 3.68. The molecule has 2 heterocycles. The van der Waals surface area contributed by atoms with Gasteiger partial charge in [-0.2, -0.15) is 10.3 Å². The number of aromatic nitrogens is 4. The molecule has 0 unspecified atom stereocenters. The van der Waals surface area contributed by atoms with E-state index in [2.05, 4.69) is 32.5 Å². The van der Waals surface area contributed by atoms with Gasteiger partial charge in [0, 0.05) is 6.20 Å². The molecule has 3 aromatic rings. The van der Waals surface area contributed by atoms with Gasteiger partial charge in [-0.05, 0) is 17.2 Å². The van der Waals surface area contributed by atoms with Gasteiger partial charge in [-0.3, -0.25) is 0 Å². The van der Waals surface area contributed by atoms with Gasteiger partial charge in [0.2, 0.25) is 5.65 Å². The minimum absolute atomic E-state index is 0.641. The minimum Gasteiger partial charge on any atom is -0.233 e. The first-order valence-electron chi connectivity index (χ1n) is 5.31. The van der Waals surface area contributed by atoms with E-state index in [1.807, 2.05) is 36.4 Å². The van der Waals surface area contributed by atoms with Crippen LogP contribution in [0.1, 0.15) is 11.1 Å². The predicted molar refractivity (Wildman–Crippen MR) is 67.1 cm³/mol. The number of hydrogen-bond donors (Lipinski definition) is 1. The molecule has 0 saturated carbocycles. The predicted octanol–water partition coefficient (Wildman–Crippen LogP) is 2.52. The maximum atomic E-state index is 4.20. The van der Waals surface area contributed by atoms with Crippen molar-refractivity contribution in [3.63, 3.8) is 0 Å². The fourth-order valence-corrected chi connectivity index (χ4v) is 1.60. The zero-order valence-corrected chi connectivity index (χ0v) is 9.04. The van der Waals surface area contributed by atoms with Gasteiger partial charge in [0.15, 0.2) is 0 Å². The summed E-state index contributed by atoms with van der Waals surface area (Å²) < 4.78 is 0. The highest BCUT2D eigenvalue weighted by atomic mass is 15.3. The highest BCUT2D eigenvalue weighted by Gasteiger charge is 1.98. The van der Waals surface area contributed by atoms with Crippen molar-refractivity contribution >= 4 is 23.3 Å². The second kappa shape index (κ2) is 4.17. The largest absolute Gasteiger partial charge is 0.233 e. The summed E-state index contributed by atoms with van der Waals surface area (Å²) in [6.07, 6.45) is 5.84. The number of H-pyrrole nitrogens is 1. The summed E-state index contributed by atoms with van der Waals surface area (Å²) in [5.74, 6) is 0. The highest BCUT2D eigenvalue weighted by Crippen LogP contribution is 2.11. The van der Waals surface area contributed by atoms with Crippen molar-refractivity contribution in [2.24, 2.45) is 0 Å². The molecule has 0 bridgehead atoms. The Balaban J connectivity index is 1.92. The van der Waals surface area contributed by atoms with Crippen molar-refractivity contribution in [1.82, 2.24) is 20.4 Å². The van der Waals surface area contributed by atoms with Crippen molar-refractivity contribution in [1.29, 1.82) is 0 Å². The van der Waals surface area contributed by atoms with Gasteiger partial charge in [0.05, 0.1) is 0 Å². The summed E-state index contributed by atoms with van der Waals surface area (Å²) in [5, 5.41) is 10.5. The third-order valence-corrected chi connectivity index (χ3v) is 2.46. The van der Waals surface area contributed by atoms with Crippen molar-refractivity contribution < 1.29 is 0 Å². The second-order valence-electron chi connectivity index (χ2n) is 3.68. The molecule has 0 fully saturated rings. The van der Waals surface area contributed by atoms with Crippen LogP contribution in [-0.4, -0.2) is 20.4 Å². The van der Waals surface area contributed by atoms with Crippen LogP contribution in [0.25, 0.3) is 23.3 Å². The van der Waals surface area contributed by atoms with Gasteiger partial charge in [0.1, 0.15) is 5.52 Å². The molecule has 3 rings (SSSR count). The first kappa shape index (κ1) is 9.72. The Morgan fingerprint density at radius 1 is 0.941 bits per heavy atom. The van der Waals surface area contributed by atoms with E-state index in [0.29, 0.717) is 5.65 Å². The Labute approximate surface area is 98.0 Å². The van der Waals surface area contributed by atoms with Gasteiger partial charge < -0.3 is 0 Å². The van der Waals surface area contributed by atoms with E-state index in [0.717, 1.165) is 16.6 Å². The standard InChI is InChI=1S/C13H10N4/c1-2-4-10(5-3-1)6-7-11-8-12-13(14-9-11)16-17-15-12/h1-9H,(H,14,15,16,17)/b7-6+. The number of pyridine rings is 1. The van der Waals surface area contributed by atoms with E-state index < -0.39 is 0 Å². The van der Waals surface area contributed by atoms with Crippen LogP contribution in [-0.2, 0) is 0 Å². The topological polar surface area (TPSA) is 54.5 Å². The number of nitrogens with zero attached hydrogens (tertiary/aromatic N) is 3. The molecule has 82 valence electrons. The number of hydrogen-bond acceptors (Lipinski definition) is 3. The molecule has 2 aromatic heterocycles. The smallest absolute Gasteiger partial charge is 0.201 e. The summed E-state index contributed by atoms with van der Waals surface area (Å²) in [5.41, 5.74) is 3.59. The number of fused-ring (bicyclic) bond motifs is 1. The summed E-state index contributed by atoms with van der Waals surface area (Å²) in [6.45, 7) is 0. The first-order valence-corrected chi connectivity index (χ1v) is 5.31. The number of nitrogens with one attached hydrogen (secondary N) is 1. The van der Waals surface area contributed by atoms with Crippen molar-refractivity contribution in [2.45, 2.75) is 0 Å². The van der Waals surface area contributed by atoms with E-state index in [1.165, 1.54) is 0 Å². The van der Waals surface area contributed by atoms with Crippen molar-refractivity contribution in [3.8, 4) is 0 Å². The SMILES string of the molecule is C(=C\c1cnc2n[nH]nc2c1)/c1ccccc1. The van der Waals surface area contributed by atoms with E-state index in [1.54, 1.807) is 6.20 Å². The van der Waals surface area contributed by atoms with Crippen LogP contribution in [0.3, 0.4) is 0 Å². The molecule has 4 nitrogen and oxygen atoms in total. The summed E-state index contributed by atoms with van der Waals surface area (Å²) >= 11 is 0. The number of aromatic amines is 1. The molecule has 1 aromatic carbocycles. The lowest BCUT2D eigenvalue weighted by atomic mass is 10.2.